The Morgan fingerprint density at radius 1 is 1.15 bits per heavy atom. The predicted molar refractivity (Wildman–Crippen MR) is 105 cm³/mol. The summed E-state index contributed by atoms with van der Waals surface area (Å²) in [5.41, 5.74) is 2.15. The number of benzene rings is 2. The minimum absolute atomic E-state index is 0.0282. The van der Waals surface area contributed by atoms with Crippen LogP contribution in [0, 0.1) is 6.92 Å². The van der Waals surface area contributed by atoms with Gasteiger partial charge in [-0.2, -0.15) is 0 Å². The molecule has 2 N–H and O–H groups in total. The van der Waals surface area contributed by atoms with Crippen LogP contribution in [-0.2, 0) is 4.79 Å². The van der Waals surface area contributed by atoms with Crippen LogP contribution in [0.5, 0.6) is 5.75 Å². The number of phenols is 1. The molecular formula is C21H20ClNO4. The molecule has 0 saturated heterocycles. The van der Waals surface area contributed by atoms with Gasteiger partial charge in [0.1, 0.15) is 5.75 Å². The van der Waals surface area contributed by atoms with Crippen LogP contribution >= 0.6 is 11.6 Å². The molecule has 0 bridgehead atoms. The molecule has 1 atom stereocenters. The number of halogens is 1. The smallest absolute Gasteiger partial charge is 0.311 e. The lowest BCUT2D eigenvalue weighted by Crippen LogP contribution is -2.16. The summed E-state index contributed by atoms with van der Waals surface area (Å²) in [6.45, 7) is 3.66. The first-order valence-corrected chi connectivity index (χ1v) is 9.10. The highest BCUT2D eigenvalue weighted by molar-refractivity contribution is 6.30. The van der Waals surface area contributed by atoms with E-state index >= 15 is 0 Å². The van der Waals surface area contributed by atoms with Gasteiger partial charge in [0.2, 0.25) is 0 Å². The number of hydrogen-bond donors (Lipinski definition) is 2. The number of hydrogen-bond acceptors (Lipinski definition) is 3. The van der Waals surface area contributed by atoms with Crippen molar-refractivity contribution < 1.29 is 19.8 Å². The van der Waals surface area contributed by atoms with Crippen molar-refractivity contribution in [3.05, 3.63) is 64.3 Å². The van der Waals surface area contributed by atoms with Crippen LogP contribution in [0.3, 0.4) is 0 Å². The van der Waals surface area contributed by atoms with Crippen molar-refractivity contribution in [2.75, 3.05) is 0 Å². The molecule has 5 nitrogen and oxygen atoms in total. The van der Waals surface area contributed by atoms with Gasteiger partial charge in [-0.1, -0.05) is 24.9 Å². The molecule has 0 spiro atoms. The standard InChI is InChI=1S/C21H20ClNO4/c1-3-4-16(21(26)27)19-12(2)23(18-10-9-15(24)11-17(18)19)20(25)13-5-7-14(22)8-6-13/h5-11,16,24H,3-4H2,1-2H3,(H,26,27)/t16-/m0/s1. The van der Waals surface area contributed by atoms with Crippen molar-refractivity contribution in [3.63, 3.8) is 0 Å². The SMILES string of the molecule is CCC[C@H](C(=O)O)c1c(C)n(C(=O)c2ccc(Cl)cc2)c2ccc(O)cc12. The van der Waals surface area contributed by atoms with Crippen LogP contribution in [0.25, 0.3) is 10.9 Å². The molecule has 0 fully saturated rings. The summed E-state index contributed by atoms with van der Waals surface area (Å²) in [6.07, 6.45) is 1.13. The Hall–Kier alpha value is -2.79. The highest BCUT2D eigenvalue weighted by Gasteiger charge is 2.29. The molecule has 0 saturated carbocycles. The lowest BCUT2D eigenvalue weighted by atomic mass is 9.92. The van der Waals surface area contributed by atoms with Gasteiger partial charge in [-0.25, -0.2) is 0 Å². The molecule has 2 aromatic carbocycles. The number of fused-ring (bicyclic) bond motifs is 1. The quantitative estimate of drug-likeness (QED) is 0.650. The Bertz CT molecular complexity index is 1020. The first-order valence-electron chi connectivity index (χ1n) is 8.72. The summed E-state index contributed by atoms with van der Waals surface area (Å²) in [6, 6.07) is 11.2. The lowest BCUT2D eigenvalue weighted by Gasteiger charge is -2.13. The van der Waals surface area contributed by atoms with Gasteiger partial charge in [0, 0.05) is 21.7 Å². The molecular weight excluding hydrogens is 366 g/mol. The number of rotatable bonds is 5. The second-order valence-corrected chi connectivity index (χ2v) is 6.96. The molecule has 3 aromatic rings. The van der Waals surface area contributed by atoms with Gasteiger partial charge >= 0.3 is 5.97 Å². The zero-order valence-corrected chi connectivity index (χ0v) is 15.8. The summed E-state index contributed by atoms with van der Waals surface area (Å²) >= 11 is 5.91. The van der Waals surface area contributed by atoms with Crippen LogP contribution in [-0.4, -0.2) is 26.7 Å². The number of nitrogens with zero attached hydrogens (tertiary/aromatic N) is 1. The number of phenolic OH excluding ortho intramolecular Hbond substituents is 1. The second-order valence-electron chi connectivity index (χ2n) is 6.53. The van der Waals surface area contributed by atoms with E-state index in [0.717, 1.165) is 0 Å². The van der Waals surface area contributed by atoms with E-state index in [1.165, 1.54) is 16.7 Å². The van der Waals surface area contributed by atoms with Crippen molar-refractivity contribution in [2.24, 2.45) is 0 Å². The molecule has 0 radical (unpaired) electrons. The van der Waals surface area contributed by atoms with Crippen LogP contribution in [0.2, 0.25) is 5.02 Å². The monoisotopic (exact) mass is 385 g/mol. The van der Waals surface area contributed by atoms with Gasteiger partial charge in [-0.05, 0) is 61.4 Å². The van der Waals surface area contributed by atoms with Gasteiger partial charge in [-0.3, -0.25) is 14.2 Å². The van der Waals surface area contributed by atoms with Gasteiger partial charge < -0.3 is 10.2 Å². The van der Waals surface area contributed by atoms with E-state index in [4.69, 9.17) is 11.6 Å². The van der Waals surface area contributed by atoms with Crippen molar-refractivity contribution in [2.45, 2.75) is 32.6 Å². The minimum Gasteiger partial charge on any atom is -0.508 e. The predicted octanol–water partition coefficient (Wildman–Crippen LogP) is 4.97. The summed E-state index contributed by atoms with van der Waals surface area (Å²) in [5, 5.41) is 20.8. The van der Waals surface area contributed by atoms with Crippen LogP contribution in [0.15, 0.2) is 42.5 Å². The normalized spacial score (nSPS) is 12.3. The third-order valence-electron chi connectivity index (χ3n) is 4.75. The number of aromatic nitrogens is 1. The van der Waals surface area contributed by atoms with Gasteiger partial charge in [0.05, 0.1) is 11.4 Å². The van der Waals surface area contributed by atoms with E-state index in [2.05, 4.69) is 0 Å². The molecule has 0 aliphatic heterocycles. The average Bonchev–Trinajstić information content (AvgIpc) is 2.90. The summed E-state index contributed by atoms with van der Waals surface area (Å²) in [4.78, 5) is 25.0. The molecule has 1 heterocycles. The maximum absolute atomic E-state index is 13.2. The van der Waals surface area contributed by atoms with Crippen molar-refractivity contribution in [1.29, 1.82) is 0 Å². The number of carboxylic acids is 1. The number of aromatic hydroxyl groups is 1. The average molecular weight is 386 g/mol. The topological polar surface area (TPSA) is 79.5 Å². The maximum Gasteiger partial charge on any atom is 0.311 e. The van der Waals surface area contributed by atoms with Crippen molar-refractivity contribution >= 4 is 34.4 Å². The fourth-order valence-electron chi connectivity index (χ4n) is 3.53. The molecule has 27 heavy (non-hydrogen) atoms. The Morgan fingerprint density at radius 3 is 2.41 bits per heavy atom. The van der Waals surface area contributed by atoms with E-state index in [9.17, 15) is 19.8 Å². The van der Waals surface area contributed by atoms with Crippen molar-refractivity contribution in [3.8, 4) is 5.75 Å². The first kappa shape index (κ1) is 19.0. The Morgan fingerprint density at radius 2 is 1.81 bits per heavy atom. The maximum atomic E-state index is 13.2. The highest BCUT2D eigenvalue weighted by Crippen LogP contribution is 2.36. The third kappa shape index (κ3) is 3.43. The fourth-order valence-corrected chi connectivity index (χ4v) is 3.66. The fraction of sp³-hybridized carbons (Fsp3) is 0.238. The Balaban J connectivity index is 2.27. The summed E-state index contributed by atoms with van der Waals surface area (Å²) in [7, 11) is 0. The van der Waals surface area contributed by atoms with E-state index in [1.807, 2.05) is 6.92 Å². The van der Waals surface area contributed by atoms with Crippen LogP contribution < -0.4 is 0 Å². The second kappa shape index (κ2) is 7.45. The van der Waals surface area contributed by atoms with Crippen LogP contribution in [0.4, 0.5) is 0 Å². The number of aliphatic carboxylic acids is 1. The molecule has 0 aliphatic carbocycles. The molecule has 140 valence electrons. The molecule has 3 rings (SSSR count). The Kier molecular flexibility index (Phi) is 5.24. The van der Waals surface area contributed by atoms with Gasteiger partial charge in [0.15, 0.2) is 0 Å². The van der Waals surface area contributed by atoms with Gasteiger partial charge in [0.25, 0.3) is 5.91 Å². The first-order chi connectivity index (χ1) is 12.8. The summed E-state index contributed by atoms with van der Waals surface area (Å²) < 4.78 is 1.51. The van der Waals surface area contributed by atoms with E-state index < -0.39 is 11.9 Å². The Labute approximate surface area is 161 Å². The zero-order valence-electron chi connectivity index (χ0n) is 15.1. The summed E-state index contributed by atoms with van der Waals surface area (Å²) in [5.74, 6) is -1.94. The van der Waals surface area contributed by atoms with E-state index in [-0.39, 0.29) is 11.7 Å². The van der Waals surface area contributed by atoms with Gasteiger partial charge in [-0.15, -0.1) is 0 Å². The number of carboxylic acid groups (broad SMARTS) is 1. The molecule has 0 amide bonds. The number of carbonyl (C=O) groups is 2. The number of carbonyl (C=O) groups excluding carboxylic acids is 1. The van der Waals surface area contributed by atoms with Crippen LogP contribution in [0.1, 0.15) is 47.3 Å². The minimum atomic E-state index is -0.943. The molecule has 0 aliphatic rings. The van der Waals surface area contributed by atoms with Crippen molar-refractivity contribution in [1.82, 2.24) is 4.57 Å². The molecule has 6 heteroatoms. The molecule has 0 unspecified atom stereocenters. The van der Waals surface area contributed by atoms with E-state index in [0.29, 0.717) is 45.6 Å². The van der Waals surface area contributed by atoms with E-state index in [1.54, 1.807) is 37.3 Å². The largest absolute Gasteiger partial charge is 0.508 e. The highest BCUT2D eigenvalue weighted by atomic mass is 35.5. The molecule has 1 aromatic heterocycles. The lowest BCUT2D eigenvalue weighted by molar-refractivity contribution is -0.139. The zero-order chi connectivity index (χ0) is 19.7. The third-order valence-corrected chi connectivity index (χ3v) is 5.01.